The Hall–Kier alpha value is -5.91. The summed E-state index contributed by atoms with van der Waals surface area (Å²) in [6.07, 6.45) is 1.54. The van der Waals surface area contributed by atoms with Crippen molar-refractivity contribution in [2.24, 2.45) is 0 Å². The van der Waals surface area contributed by atoms with E-state index in [0.717, 1.165) is 5.39 Å². The minimum Gasteiger partial charge on any atom is -0.506 e. The Morgan fingerprint density at radius 3 is 2.20 bits per heavy atom. The molecule has 2 aromatic heterocycles. The lowest BCUT2D eigenvalue weighted by molar-refractivity contribution is 0.0687. The fourth-order valence-electron chi connectivity index (χ4n) is 5.50. The number of amides is 2. The van der Waals surface area contributed by atoms with Crippen LogP contribution in [0.25, 0.3) is 33.2 Å². The molecule has 0 atom stereocenters. The molecule has 0 aliphatic carbocycles. The van der Waals surface area contributed by atoms with Crippen LogP contribution in [0.2, 0.25) is 0 Å². The Kier molecular flexibility index (Phi) is 8.01. The monoisotopic (exact) mass is 620 g/mol. The smallest absolute Gasteiger partial charge is 0.356 e. The molecular weight excluding hydrogens is 591 g/mol. The van der Waals surface area contributed by atoms with Crippen LogP contribution in [0.3, 0.4) is 0 Å². The summed E-state index contributed by atoms with van der Waals surface area (Å²) in [5.41, 5.74) is 2.21. The highest BCUT2D eigenvalue weighted by atomic mass is 19.1. The van der Waals surface area contributed by atoms with E-state index in [9.17, 15) is 19.5 Å². The van der Waals surface area contributed by atoms with Gasteiger partial charge in [-0.1, -0.05) is 36.4 Å². The number of aromatic carboxylic acids is 1. The van der Waals surface area contributed by atoms with Crippen LogP contribution in [0.15, 0.2) is 79.0 Å². The average Bonchev–Trinajstić information content (AvgIpc) is 3.08. The molecule has 11 nitrogen and oxygen atoms in total. The first-order valence-corrected chi connectivity index (χ1v) is 14.5. The quantitative estimate of drug-likeness (QED) is 0.280. The van der Waals surface area contributed by atoms with Crippen molar-refractivity contribution in [1.82, 2.24) is 25.0 Å². The van der Waals surface area contributed by atoms with E-state index in [-0.39, 0.29) is 39.9 Å². The zero-order valence-electron chi connectivity index (χ0n) is 25.0. The van der Waals surface area contributed by atoms with Crippen LogP contribution in [0.1, 0.15) is 31.2 Å². The van der Waals surface area contributed by atoms with Gasteiger partial charge in [0.15, 0.2) is 11.5 Å². The Balaban J connectivity index is 1.19. The number of carbonyl (C=O) groups excluding carboxylic acids is 2. The van der Waals surface area contributed by atoms with Crippen molar-refractivity contribution < 1.29 is 29.0 Å². The van der Waals surface area contributed by atoms with Gasteiger partial charge in [0.05, 0.1) is 11.3 Å². The summed E-state index contributed by atoms with van der Waals surface area (Å²) in [6.45, 7) is 1.69. The topological polar surface area (TPSA) is 140 Å². The van der Waals surface area contributed by atoms with Gasteiger partial charge in [0.25, 0.3) is 11.8 Å². The molecular formula is C34H29FN6O5. The Morgan fingerprint density at radius 1 is 0.848 bits per heavy atom. The lowest BCUT2D eigenvalue weighted by Gasteiger charge is -2.35. The van der Waals surface area contributed by atoms with E-state index in [4.69, 9.17) is 5.11 Å². The van der Waals surface area contributed by atoms with Crippen molar-refractivity contribution in [3.8, 4) is 28.1 Å². The van der Waals surface area contributed by atoms with E-state index in [1.807, 2.05) is 17.0 Å². The molecule has 1 aliphatic heterocycles. The van der Waals surface area contributed by atoms with Crippen molar-refractivity contribution in [2.45, 2.75) is 0 Å². The van der Waals surface area contributed by atoms with Crippen LogP contribution in [0.5, 0.6) is 5.75 Å². The normalized spacial score (nSPS) is 13.1. The predicted molar refractivity (Wildman–Crippen MR) is 169 cm³/mol. The molecule has 0 radical (unpaired) electrons. The number of phenolic OH excluding ortho intramolecular Hbond substituents is 1. The number of carboxylic acid groups (broad SMARTS) is 1. The lowest BCUT2D eigenvalue weighted by Crippen LogP contribution is -2.49. The number of nitrogens with zero attached hydrogens (tertiary/aromatic N) is 6. The number of carboxylic acids is 1. The number of phenols is 1. The maximum absolute atomic E-state index is 15.4. The number of aromatic nitrogens is 3. The molecule has 1 aliphatic rings. The molecule has 2 amide bonds. The first-order valence-electron chi connectivity index (χ1n) is 14.5. The molecule has 3 heterocycles. The van der Waals surface area contributed by atoms with Gasteiger partial charge in [0.1, 0.15) is 11.6 Å². The standard InChI is InChI=1S/C34H29FN6O5/c1-39(2)33(44)26-18-25(23-5-3-4-6-24(23)31(26)42)28-10-8-21(19-36-28)22-9-7-20(17-27(22)35)32(43)41-15-13-40(14-16-41)30-12-11-29(34(45)46)37-38-30/h3-12,17-19,42H,13-16H2,1-2H3,(H,45,46). The Bertz CT molecular complexity index is 1970. The highest BCUT2D eigenvalue weighted by Crippen LogP contribution is 2.37. The van der Waals surface area contributed by atoms with Gasteiger partial charge in [-0.25, -0.2) is 9.18 Å². The third kappa shape index (κ3) is 5.68. The third-order valence-electron chi connectivity index (χ3n) is 7.98. The average molecular weight is 621 g/mol. The molecule has 46 heavy (non-hydrogen) atoms. The molecule has 232 valence electrons. The highest BCUT2D eigenvalue weighted by molar-refractivity contribution is 6.08. The van der Waals surface area contributed by atoms with Crippen molar-refractivity contribution in [2.75, 3.05) is 45.2 Å². The summed E-state index contributed by atoms with van der Waals surface area (Å²) >= 11 is 0. The fraction of sp³-hybridized carbons (Fsp3) is 0.176. The molecule has 0 saturated carbocycles. The Labute approximate surface area is 263 Å². The van der Waals surface area contributed by atoms with Gasteiger partial charge in [-0.3, -0.25) is 14.6 Å². The SMILES string of the molecule is CN(C)C(=O)c1cc(-c2ccc(-c3ccc(C(=O)N4CCN(c5ccc(C(=O)O)nn5)CC4)cc3F)cn2)c2ccccc2c1O. The molecule has 1 saturated heterocycles. The predicted octanol–water partition coefficient (Wildman–Crippen LogP) is 4.57. The van der Waals surface area contributed by atoms with Gasteiger partial charge < -0.3 is 24.9 Å². The van der Waals surface area contributed by atoms with Gasteiger partial charge >= 0.3 is 5.97 Å². The highest BCUT2D eigenvalue weighted by Gasteiger charge is 2.25. The molecule has 2 N–H and O–H groups in total. The minimum absolute atomic E-state index is 0.102. The summed E-state index contributed by atoms with van der Waals surface area (Å²) in [5.74, 6) is -1.95. The van der Waals surface area contributed by atoms with Crippen molar-refractivity contribution in [1.29, 1.82) is 0 Å². The van der Waals surface area contributed by atoms with Crippen LogP contribution in [0.4, 0.5) is 10.2 Å². The second kappa shape index (κ2) is 12.2. The number of pyridine rings is 1. The zero-order chi connectivity index (χ0) is 32.5. The number of anilines is 1. The number of hydrogen-bond donors (Lipinski definition) is 2. The molecule has 12 heteroatoms. The van der Waals surface area contributed by atoms with E-state index in [2.05, 4.69) is 15.2 Å². The van der Waals surface area contributed by atoms with Gasteiger partial charge in [-0.2, -0.15) is 0 Å². The van der Waals surface area contributed by atoms with Gasteiger partial charge in [0.2, 0.25) is 0 Å². The van der Waals surface area contributed by atoms with E-state index >= 15 is 4.39 Å². The minimum atomic E-state index is -1.16. The number of rotatable bonds is 6. The number of fused-ring (bicyclic) bond motifs is 1. The molecule has 3 aromatic carbocycles. The third-order valence-corrected chi connectivity index (χ3v) is 7.98. The van der Waals surface area contributed by atoms with Crippen LogP contribution >= 0.6 is 0 Å². The van der Waals surface area contributed by atoms with Crippen LogP contribution < -0.4 is 4.90 Å². The van der Waals surface area contributed by atoms with Gasteiger partial charge in [-0.05, 0) is 41.8 Å². The number of carbonyl (C=O) groups is 3. The second-order valence-corrected chi connectivity index (χ2v) is 11.1. The van der Waals surface area contributed by atoms with E-state index in [1.54, 1.807) is 67.5 Å². The van der Waals surface area contributed by atoms with E-state index in [0.29, 0.717) is 54.2 Å². The molecule has 6 rings (SSSR count). The molecule has 0 bridgehead atoms. The lowest BCUT2D eigenvalue weighted by atomic mass is 9.96. The first kappa shape index (κ1) is 30.1. The largest absolute Gasteiger partial charge is 0.506 e. The first-order chi connectivity index (χ1) is 22.1. The van der Waals surface area contributed by atoms with Crippen molar-refractivity contribution >= 4 is 34.4 Å². The number of halogens is 1. The van der Waals surface area contributed by atoms with Gasteiger partial charge in [-0.15, -0.1) is 10.2 Å². The summed E-state index contributed by atoms with van der Waals surface area (Å²) in [5, 5.41) is 28.8. The van der Waals surface area contributed by atoms with Crippen molar-refractivity contribution in [3.63, 3.8) is 0 Å². The van der Waals surface area contributed by atoms with E-state index < -0.39 is 11.8 Å². The number of hydrogen-bond acceptors (Lipinski definition) is 8. The number of piperazine rings is 1. The zero-order valence-corrected chi connectivity index (χ0v) is 25.0. The summed E-state index contributed by atoms with van der Waals surface area (Å²) in [6, 6.07) is 19.6. The molecule has 5 aromatic rings. The summed E-state index contributed by atoms with van der Waals surface area (Å²) in [7, 11) is 3.22. The number of aromatic hydroxyl groups is 1. The maximum atomic E-state index is 15.4. The fourth-order valence-corrected chi connectivity index (χ4v) is 5.50. The number of benzene rings is 3. The molecule has 0 spiro atoms. The van der Waals surface area contributed by atoms with Crippen LogP contribution in [-0.2, 0) is 0 Å². The molecule has 0 unspecified atom stereocenters. The van der Waals surface area contributed by atoms with Crippen LogP contribution in [0, 0.1) is 5.82 Å². The Morgan fingerprint density at radius 2 is 1.59 bits per heavy atom. The maximum Gasteiger partial charge on any atom is 0.356 e. The van der Waals surface area contributed by atoms with Crippen molar-refractivity contribution in [3.05, 3.63) is 102 Å². The second-order valence-electron chi connectivity index (χ2n) is 11.1. The molecule has 1 fully saturated rings. The summed E-state index contributed by atoms with van der Waals surface area (Å²) in [4.78, 5) is 46.5. The van der Waals surface area contributed by atoms with E-state index in [1.165, 1.54) is 23.2 Å². The van der Waals surface area contributed by atoms with Crippen LogP contribution in [-0.4, -0.2) is 93.3 Å². The van der Waals surface area contributed by atoms with Gasteiger partial charge in [0, 0.05) is 74.1 Å². The summed E-state index contributed by atoms with van der Waals surface area (Å²) < 4.78 is 15.4.